The summed E-state index contributed by atoms with van der Waals surface area (Å²) in [6.45, 7) is 6.45. The fourth-order valence-electron chi connectivity index (χ4n) is 2.42. The van der Waals surface area contributed by atoms with Crippen LogP contribution in [0.2, 0.25) is 0 Å². The molecule has 21 heavy (non-hydrogen) atoms. The number of ketones is 1. The Morgan fingerprint density at radius 3 is 2.29 bits per heavy atom. The Hall–Kier alpha value is -0.220. The summed E-state index contributed by atoms with van der Waals surface area (Å²) in [6.07, 6.45) is 0.712. The van der Waals surface area contributed by atoms with Crippen LogP contribution in [0.3, 0.4) is 0 Å². The Bertz CT molecular complexity index is 497. The van der Waals surface area contributed by atoms with Gasteiger partial charge in [0, 0.05) is 0 Å². The second kappa shape index (κ2) is 8.42. The van der Waals surface area contributed by atoms with E-state index in [0.29, 0.717) is 10.2 Å². The third-order valence-electron chi connectivity index (χ3n) is 3.72. The summed E-state index contributed by atoms with van der Waals surface area (Å²) in [5, 5.41) is 0. The molecule has 1 heterocycles. The van der Waals surface area contributed by atoms with Gasteiger partial charge in [-0.1, -0.05) is 0 Å². The number of rotatable bonds is 6. The van der Waals surface area contributed by atoms with Crippen LogP contribution in [0.25, 0.3) is 0 Å². The van der Waals surface area contributed by atoms with Crippen LogP contribution >= 0.6 is 18.6 Å². The molecule has 0 amide bonds. The summed E-state index contributed by atoms with van der Waals surface area (Å²) in [5.41, 5.74) is 1.94. The molecule has 0 aliphatic carbocycles. The fraction of sp³-hybridized carbons (Fsp3) is 0.467. The van der Waals surface area contributed by atoms with E-state index in [9.17, 15) is 9.59 Å². The Kier molecular flexibility index (Phi) is 6.87. The molecule has 4 nitrogen and oxygen atoms in total. The minimum absolute atomic E-state index is 0.106. The van der Waals surface area contributed by atoms with Crippen molar-refractivity contribution in [1.29, 1.82) is 0 Å². The monoisotopic (exact) mass is 513 g/mol. The zero-order valence-corrected chi connectivity index (χ0v) is 16.3. The van der Waals surface area contributed by atoms with Gasteiger partial charge in [0.1, 0.15) is 0 Å². The number of carbonyl (C=O) groups is 2. The molecule has 2 rings (SSSR count). The van der Waals surface area contributed by atoms with Crippen LogP contribution in [-0.2, 0) is 4.79 Å². The topological polar surface area (TPSA) is 40.6 Å². The number of Topliss-reactive ketones (excluding diaryl/α,β-unsaturated/α-hetero) is 1. The van der Waals surface area contributed by atoms with Gasteiger partial charge >= 0.3 is 135 Å². The molecular weight excluding hydrogens is 494 g/mol. The van der Waals surface area contributed by atoms with Crippen LogP contribution in [0.1, 0.15) is 23.7 Å². The fourth-order valence-corrected chi connectivity index (χ4v) is 4.23. The molecule has 0 aromatic heterocycles. The average Bonchev–Trinajstić information content (AvgIpc) is 2.53. The molecule has 0 radical (unpaired) electrons. The molecule has 116 valence electrons. The number of hydrogen-bond donors (Lipinski definition) is 0. The molecule has 0 unspecified atom stereocenters. The summed E-state index contributed by atoms with van der Waals surface area (Å²) >= 11 is 1.96. The SMILES string of the molecule is CC(=O)c1ccc(N2CCN(CCC(=O)[I-]I)CC2)cc1. The average molecular weight is 513 g/mol. The number of anilines is 1. The van der Waals surface area contributed by atoms with E-state index in [-0.39, 0.29) is 23.0 Å². The molecule has 0 bridgehead atoms. The molecule has 1 aliphatic rings. The van der Waals surface area contributed by atoms with Gasteiger partial charge in [-0.2, -0.15) is 0 Å². The summed E-state index contributed by atoms with van der Waals surface area (Å²) in [5.74, 6) is 0.106. The number of benzene rings is 1. The summed E-state index contributed by atoms with van der Waals surface area (Å²) in [7, 11) is 0. The summed E-state index contributed by atoms with van der Waals surface area (Å²) in [4.78, 5) is 27.4. The van der Waals surface area contributed by atoms with E-state index in [4.69, 9.17) is 0 Å². The van der Waals surface area contributed by atoms with E-state index in [1.54, 1.807) is 6.92 Å². The van der Waals surface area contributed by atoms with Gasteiger partial charge in [-0.15, -0.1) is 0 Å². The first-order valence-electron chi connectivity index (χ1n) is 6.97. The van der Waals surface area contributed by atoms with Crippen molar-refractivity contribution in [2.24, 2.45) is 0 Å². The van der Waals surface area contributed by atoms with E-state index in [2.05, 4.69) is 28.4 Å². The third kappa shape index (κ3) is 5.17. The van der Waals surface area contributed by atoms with Crippen molar-refractivity contribution in [1.82, 2.24) is 4.90 Å². The maximum atomic E-state index is 11.4. The first-order valence-corrected chi connectivity index (χ1v) is 14.3. The van der Waals surface area contributed by atoms with Crippen molar-refractivity contribution < 1.29 is 26.8 Å². The Balaban J connectivity index is 1.83. The second-order valence-electron chi connectivity index (χ2n) is 5.11. The molecular formula is C15H19I2N2O2-. The zero-order chi connectivity index (χ0) is 15.2. The molecule has 1 aromatic carbocycles. The van der Waals surface area contributed by atoms with Crippen LogP contribution in [-0.4, -0.2) is 47.2 Å². The Morgan fingerprint density at radius 1 is 1.14 bits per heavy atom. The number of nitrogens with zero attached hydrogens (tertiary/aromatic N) is 2. The van der Waals surface area contributed by atoms with Gasteiger partial charge in [0.2, 0.25) is 0 Å². The van der Waals surface area contributed by atoms with Crippen molar-refractivity contribution in [2.75, 3.05) is 37.6 Å². The second-order valence-corrected chi connectivity index (χ2v) is 9.45. The standard InChI is InChI=1S/C15H19I2N2O2/c1-12(20)13-2-4-14(5-3-13)19-10-8-18(9-11-19)7-6-15(21)17-16/h2-5H,6-11H2,1H3/q-1. The summed E-state index contributed by atoms with van der Waals surface area (Å²) in [6, 6.07) is 7.84. The van der Waals surface area contributed by atoms with E-state index in [0.717, 1.165) is 38.3 Å². The van der Waals surface area contributed by atoms with Crippen LogP contribution < -0.4 is 22.1 Å². The quantitative estimate of drug-likeness (QED) is 0.289. The molecule has 0 atom stereocenters. The molecule has 0 spiro atoms. The summed E-state index contributed by atoms with van der Waals surface area (Å²) < 4.78 is 0.441. The van der Waals surface area contributed by atoms with Crippen LogP contribution in [0.5, 0.6) is 0 Å². The van der Waals surface area contributed by atoms with Crippen LogP contribution in [0.15, 0.2) is 24.3 Å². The van der Waals surface area contributed by atoms with Crippen molar-refractivity contribution >= 4 is 33.9 Å². The first kappa shape index (κ1) is 17.1. The van der Waals surface area contributed by atoms with Crippen molar-refractivity contribution in [3.05, 3.63) is 29.8 Å². The van der Waals surface area contributed by atoms with Gasteiger partial charge in [-0.05, 0) is 6.92 Å². The van der Waals surface area contributed by atoms with Gasteiger partial charge in [0.05, 0.1) is 0 Å². The van der Waals surface area contributed by atoms with Gasteiger partial charge in [-0.3, -0.25) is 4.79 Å². The third-order valence-corrected chi connectivity index (χ3v) is 7.76. The predicted octanol–water partition coefficient (Wildman–Crippen LogP) is -0.633. The van der Waals surface area contributed by atoms with E-state index >= 15 is 0 Å². The normalized spacial score (nSPS) is 16.2. The molecule has 6 heteroatoms. The number of piperazine rings is 1. The number of hydrogen-bond acceptors (Lipinski definition) is 4. The van der Waals surface area contributed by atoms with E-state index < -0.39 is 0 Å². The Morgan fingerprint density at radius 2 is 1.76 bits per heavy atom. The zero-order valence-electron chi connectivity index (χ0n) is 12.0. The molecule has 0 N–H and O–H groups in total. The van der Waals surface area contributed by atoms with Crippen molar-refractivity contribution in [2.45, 2.75) is 13.3 Å². The molecule has 1 saturated heterocycles. The molecule has 1 fully saturated rings. The van der Waals surface area contributed by atoms with Crippen LogP contribution in [0, 0.1) is 0 Å². The van der Waals surface area contributed by atoms with E-state index in [1.807, 2.05) is 24.3 Å². The van der Waals surface area contributed by atoms with Crippen molar-refractivity contribution in [3.63, 3.8) is 0 Å². The number of carbonyl (C=O) groups excluding carboxylic acids is 2. The Labute approximate surface area is 145 Å². The van der Waals surface area contributed by atoms with Gasteiger partial charge in [0.15, 0.2) is 0 Å². The molecule has 0 saturated carbocycles. The van der Waals surface area contributed by atoms with Gasteiger partial charge in [0.25, 0.3) is 0 Å². The predicted molar refractivity (Wildman–Crippen MR) is 88.7 cm³/mol. The van der Waals surface area contributed by atoms with Crippen molar-refractivity contribution in [3.8, 4) is 0 Å². The molecule has 1 aromatic rings. The maximum absolute atomic E-state index is 11.4. The minimum atomic E-state index is -0.272. The van der Waals surface area contributed by atoms with Gasteiger partial charge in [-0.25, -0.2) is 0 Å². The molecule has 1 aliphatic heterocycles. The number of halogens is 2. The van der Waals surface area contributed by atoms with Gasteiger partial charge < -0.3 is 0 Å². The van der Waals surface area contributed by atoms with Crippen LogP contribution in [0.4, 0.5) is 5.69 Å². The first-order chi connectivity index (χ1) is 10.1. The van der Waals surface area contributed by atoms with E-state index in [1.165, 1.54) is 5.69 Å².